The highest BCUT2D eigenvalue weighted by molar-refractivity contribution is 9.09. The third-order valence-corrected chi connectivity index (χ3v) is 4.72. The van der Waals surface area contributed by atoms with Gasteiger partial charge in [-0.05, 0) is 31.8 Å². The molecule has 0 aromatic heterocycles. The van der Waals surface area contributed by atoms with Gasteiger partial charge in [-0.15, -0.1) is 18.0 Å². The molecule has 0 saturated carbocycles. The van der Waals surface area contributed by atoms with Crippen molar-refractivity contribution < 1.29 is 4.74 Å². The molecule has 0 aromatic carbocycles. The fourth-order valence-corrected chi connectivity index (χ4v) is 2.55. The molecule has 0 aliphatic carbocycles. The van der Waals surface area contributed by atoms with Gasteiger partial charge >= 0.3 is 0 Å². The van der Waals surface area contributed by atoms with Crippen molar-refractivity contribution in [1.29, 1.82) is 0 Å². The average molecular weight is 332 g/mol. The Morgan fingerprint density at radius 1 is 1.56 bits per heavy atom. The van der Waals surface area contributed by atoms with E-state index in [4.69, 9.17) is 22.8 Å². The highest BCUT2D eigenvalue weighted by Crippen LogP contribution is 2.26. The first kappa shape index (κ1) is 15.8. The zero-order chi connectivity index (χ0) is 13.4. The van der Waals surface area contributed by atoms with Gasteiger partial charge in [-0.25, -0.2) is 0 Å². The maximum absolute atomic E-state index is 6.37. The minimum Gasteiger partial charge on any atom is -0.372 e. The summed E-state index contributed by atoms with van der Waals surface area (Å²) in [6.45, 7) is 2.15. The van der Waals surface area contributed by atoms with E-state index in [9.17, 15) is 0 Å². The summed E-state index contributed by atoms with van der Waals surface area (Å²) in [6.07, 6.45) is 17.0. The number of hydrogen-bond donors (Lipinski definition) is 0. The van der Waals surface area contributed by atoms with Crippen LogP contribution >= 0.6 is 27.5 Å². The Hall–Kier alpha value is -0.230. The Morgan fingerprint density at radius 3 is 2.94 bits per heavy atom. The second kappa shape index (κ2) is 8.80. The smallest absolute Gasteiger partial charge is 0.0780 e. The zero-order valence-electron chi connectivity index (χ0n) is 10.7. The Kier molecular flexibility index (Phi) is 7.74. The van der Waals surface area contributed by atoms with E-state index in [-0.39, 0.29) is 17.6 Å². The van der Waals surface area contributed by atoms with Gasteiger partial charge in [0, 0.05) is 4.83 Å². The molecule has 3 heteroatoms. The van der Waals surface area contributed by atoms with Gasteiger partial charge < -0.3 is 4.74 Å². The first-order chi connectivity index (χ1) is 8.69. The van der Waals surface area contributed by atoms with Gasteiger partial charge in [0.25, 0.3) is 0 Å². The van der Waals surface area contributed by atoms with Crippen LogP contribution in [0, 0.1) is 12.3 Å². The third-order valence-electron chi connectivity index (χ3n) is 3.03. The van der Waals surface area contributed by atoms with Crippen LogP contribution in [0.2, 0.25) is 0 Å². The summed E-state index contributed by atoms with van der Waals surface area (Å²) in [7, 11) is 0. The van der Waals surface area contributed by atoms with Crippen molar-refractivity contribution in [2.45, 2.75) is 55.0 Å². The second-order valence-corrected chi connectivity index (χ2v) is 6.14. The number of terminal acetylenes is 1. The fourth-order valence-electron chi connectivity index (χ4n) is 1.94. The fraction of sp³-hybridized carbons (Fsp3) is 0.600. The van der Waals surface area contributed by atoms with Crippen molar-refractivity contribution in [1.82, 2.24) is 0 Å². The highest BCUT2D eigenvalue weighted by Gasteiger charge is 2.26. The molecule has 0 saturated heterocycles. The summed E-state index contributed by atoms with van der Waals surface area (Å²) in [6, 6.07) is 0. The first-order valence-corrected chi connectivity index (χ1v) is 7.74. The van der Waals surface area contributed by atoms with Gasteiger partial charge in [0.2, 0.25) is 0 Å². The van der Waals surface area contributed by atoms with Crippen LogP contribution in [0.4, 0.5) is 0 Å². The minimum absolute atomic E-state index is 0.00281. The van der Waals surface area contributed by atoms with Crippen LogP contribution in [0.25, 0.3) is 0 Å². The van der Waals surface area contributed by atoms with E-state index in [0.717, 1.165) is 25.7 Å². The molecule has 0 bridgehead atoms. The lowest BCUT2D eigenvalue weighted by atomic mass is 10.0. The van der Waals surface area contributed by atoms with Crippen molar-refractivity contribution in [2.75, 3.05) is 0 Å². The molecular weight excluding hydrogens is 312 g/mol. The molecule has 18 heavy (non-hydrogen) atoms. The Bertz CT molecular complexity index is 332. The number of hydrogen-bond acceptors (Lipinski definition) is 1. The van der Waals surface area contributed by atoms with Crippen molar-refractivity contribution in [2.24, 2.45) is 0 Å². The van der Waals surface area contributed by atoms with Crippen molar-refractivity contribution in [3.05, 3.63) is 24.3 Å². The average Bonchev–Trinajstić information content (AvgIpc) is 2.37. The quantitative estimate of drug-likeness (QED) is 0.420. The summed E-state index contributed by atoms with van der Waals surface area (Å²) >= 11 is 10.1. The minimum atomic E-state index is 0.00281. The standard InChI is InChI=1S/C15H20BrClO/c1-3-5-6-11-15-13(17)9-7-8-10-14(18-15)12(16)4-2/h1,5-8,12-15H,4,9-11H2,2H3/b6-5+,8-7-/t12-,13+,14-,15+/m1/s1. The lowest BCUT2D eigenvalue weighted by Gasteiger charge is -2.30. The molecule has 100 valence electrons. The number of rotatable bonds is 4. The van der Waals surface area contributed by atoms with Gasteiger partial charge in [-0.3, -0.25) is 0 Å². The van der Waals surface area contributed by atoms with Crippen LogP contribution in [0.15, 0.2) is 24.3 Å². The molecule has 0 fully saturated rings. The van der Waals surface area contributed by atoms with Gasteiger partial charge in [0.05, 0.1) is 17.6 Å². The number of allylic oxidation sites excluding steroid dienone is 2. The van der Waals surface area contributed by atoms with Crippen LogP contribution in [0.5, 0.6) is 0 Å². The van der Waals surface area contributed by atoms with Gasteiger partial charge in [0.1, 0.15) is 0 Å². The largest absolute Gasteiger partial charge is 0.372 e. The monoisotopic (exact) mass is 330 g/mol. The van der Waals surface area contributed by atoms with Crippen molar-refractivity contribution >= 4 is 27.5 Å². The Labute approximate surface area is 124 Å². The molecule has 4 atom stereocenters. The van der Waals surface area contributed by atoms with Gasteiger partial charge in [-0.1, -0.05) is 47.0 Å². The Balaban J connectivity index is 2.69. The molecule has 0 aromatic rings. The normalized spacial score (nSPS) is 32.4. The topological polar surface area (TPSA) is 9.23 Å². The van der Waals surface area contributed by atoms with E-state index < -0.39 is 0 Å². The molecule has 1 aliphatic heterocycles. The van der Waals surface area contributed by atoms with E-state index >= 15 is 0 Å². The molecule has 0 radical (unpaired) electrons. The van der Waals surface area contributed by atoms with Crippen LogP contribution in [-0.4, -0.2) is 22.4 Å². The van der Waals surface area contributed by atoms with Crippen LogP contribution in [-0.2, 0) is 4.74 Å². The molecule has 0 spiro atoms. The van der Waals surface area contributed by atoms with Crippen molar-refractivity contribution in [3.63, 3.8) is 0 Å². The molecule has 0 N–H and O–H groups in total. The second-order valence-electron chi connectivity index (χ2n) is 4.40. The molecule has 1 nitrogen and oxygen atoms in total. The molecule has 0 amide bonds. The van der Waals surface area contributed by atoms with Gasteiger partial charge in [0.15, 0.2) is 0 Å². The van der Waals surface area contributed by atoms with E-state index in [0.29, 0.717) is 4.83 Å². The Morgan fingerprint density at radius 2 is 2.28 bits per heavy atom. The number of halogens is 2. The summed E-state index contributed by atoms with van der Waals surface area (Å²) in [5.41, 5.74) is 0. The van der Waals surface area contributed by atoms with E-state index in [1.165, 1.54) is 0 Å². The molecule has 1 rings (SSSR count). The third kappa shape index (κ3) is 5.18. The first-order valence-electron chi connectivity index (χ1n) is 6.38. The summed E-state index contributed by atoms with van der Waals surface area (Å²) in [4.78, 5) is 0.364. The maximum atomic E-state index is 6.37. The van der Waals surface area contributed by atoms with Crippen LogP contribution in [0.1, 0.15) is 32.6 Å². The molecule has 1 aliphatic rings. The zero-order valence-corrected chi connectivity index (χ0v) is 13.0. The maximum Gasteiger partial charge on any atom is 0.0780 e. The highest BCUT2D eigenvalue weighted by atomic mass is 79.9. The van der Waals surface area contributed by atoms with Crippen molar-refractivity contribution in [3.8, 4) is 12.3 Å². The lowest BCUT2D eigenvalue weighted by Crippen LogP contribution is -2.34. The summed E-state index contributed by atoms with van der Waals surface area (Å²) in [5.74, 6) is 2.49. The summed E-state index contributed by atoms with van der Waals surface area (Å²) in [5, 5.41) is 0.00281. The van der Waals surface area contributed by atoms with Crippen LogP contribution < -0.4 is 0 Å². The predicted octanol–water partition coefficient (Wildman–Crippen LogP) is 4.45. The number of alkyl halides is 2. The SMILES string of the molecule is C#C/C=C/C[C@@H]1O[C@@H]([C@H](Br)CC)C/C=C\C[C@@H]1Cl. The predicted molar refractivity (Wildman–Crippen MR) is 82.3 cm³/mol. The molecule has 1 heterocycles. The molecule has 0 unspecified atom stereocenters. The lowest BCUT2D eigenvalue weighted by molar-refractivity contribution is -0.0122. The van der Waals surface area contributed by atoms with E-state index in [2.05, 4.69) is 40.9 Å². The van der Waals surface area contributed by atoms with E-state index in [1.807, 2.05) is 6.08 Å². The van der Waals surface area contributed by atoms with E-state index in [1.54, 1.807) is 6.08 Å². The van der Waals surface area contributed by atoms with Gasteiger partial charge in [-0.2, -0.15) is 0 Å². The van der Waals surface area contributed by atoms with Crippen LogP contribution in [0.3, 0.4) is 0 Å². The molecular formula is C15H20BrClO. The summed E-state index contributed by atoms with van der Waals surface area (Å²) < 4.78 is 6.15. The number of ether oxygens (including phenoxy) is 1.